The number of fused-ring (bicyclic) bond motifs is 1. The number of hydrogen-bond donors (Lipinski definition) is 1. The fraction of sp³-hybridized carbons (Fsp3) is 0.375. The van der Waals surface area contributed by atoms with Crippen LogP contribution in [-0.2, 0) is 16.0 Å². The molecule has 0 spiro atoms. The SMILES string of the molecule is C=CC(=O)N(CC)CC(=O)NCCc1csc2sc(C)cc12. The topological polar surface area (TPSA) is 49.4 Å². The normalized spacial score (nSPS) is 10.6. The van der Waals surface area contributed by atoms with E-state index in [9.17, 15) is 9.59 Å². The molecule has 0 radical (unpaired) electrons. The van der Waals surface area contributed by atoms with Gasteiger partial charge in [0.1, 0.15) is 0 Å². The predicted molar refractivity (Wildman–Crippen MR) is 93.6 cm³/mol. The second-order valence-corrected chi connectivity index (χ2v) is 7.37. The molecule has 0 aliphatic heterocycles. The molecule has 0 saturated carbocycles. The van der Waals surface area contributed by atoms with Crippen molar-refractivity contribution < 1.29 is 9.59 Å². The second-order valence-electron chi connectivity index (χ2n) is 4.98. The van der Waals surface area contributed by atoms with E-state index in [1.807, 2.05) is 18.3 Å². The maximum absolute atomic E-state index is 11.9. The van der Waals surface area contributed by atoms with E-state index in [-0.39, 0.29) is 18.4 Å². The van der Waals surface area contributed by atoms with E-state index in [1.165, 1.54) is 30.8 Å². The fourth-order valence-electron chi connectivity index (χ4n) is 2.23. The van der Waals surface area contributed by atoms with E-state index < -0.39 is 0 Å². The summed E-state index contributed by atoms with van der Waals surface area (Å²) >= 11 is 3.56. The second kappa shape index (κ2) is 7.56. The number of carbonyl (C=O) groups excluding carboxylic acids is 2. The first-order chi connectivity index (χ1) is 10.5. The van der Waals surface area contributed by atoms with E-state index in [0.717, 1.165) is 6.42 Å². The van der Waals surface area contributed by atoms with E-state index >= 15 is 0 Å². The average Bonchev–Trinajstić information content (AvgIpc) is 3.04. The van der Waals surface area contributed by atoms with Crippen LogP contribution in [0, 0.1) is 6.92 Å². The van der Waals surface area contributed by atoms with Crippen LogP contribution in [0.4, 0.5) is 0 Å². The number of nitrogens with one attached hydrogen (secondary N) is 1. The molecule has 22 heavy (non-hydrogen) atoms. The summed E-state index contributed by atoms with van der Waals surface area (Å²) in [5, 5.41) is 6.34. The van der Waals surface area contributed by atoms with Gasteiger partial charge in [-0.2, -0.15) is 0 Å². The van der Waals surface area contributed by atoms with Gasteiger partial charge in [-0.1, -0.05) is 6.58 Å². The van der Waals surface area contributed by atoms with Crippen LogP contribution in [0.1, 0.15) is 17.4 Å². The van der Waals surface area contributed by atoms with Crippen molar-refractivity contribution >= 4 is 43.9 Å². The number of hydrogen-bond acceptors (Lipinski definition) is 4. The quantitative estimate of drug-likeness (QED) is 0.790. The van der Waals surface area contributed by atoms with E-state index in [2.05, 4.69) is 30.3 Å². The Morgan fingerprint density at radius 3 is 2.91 bits per heavy atom. The van der Waals surface area contributed by atoms with Crippen molar-refractivity contribution in [2.75, 3.05) is 19.6 Å². The van der Waals surface area contributed by atoms with Crippen LogP contribution in [0.3, 0.4) is 0 Å². The Kier molecular flexibility index (Phi) is 5.74. The zero-order valence-electron chi connectivity index (χ0n) is 12.8. The number of likely N-dealkylation sites (N-methyl/N-ethyl adjacent to an activating group) is 1. The number of aryl methyl sites for hydroxylation is 1. The first kappa shape index (κ1) is 16.7. The van der Waals surface area contributed by atoms with Crippen LogP contribution in [0.5, 0.6) is 0 Å². The lowest BCUT2D eigenvalue weighted by Crippen LogP contribution is -2.40. The van der Waals surface area contributed by atoms with Gasteiger partial charge >= 0.3 is 0 Å². The Morgan fingerprint density at radius 1 is 1.45 bits per heavy atom. The summed E-state index contributed by atoms with van der Waals surface area (Å²) in [7, 11) is 0. The summed E-state index contributed by atoms with van der Waals surface area (Å²) in [5.74, 6) is -0.351. The third kappa shape index (κ3) is 3.96. The van der Waals surface area contributed by atoms with Crippen molar-refractivity contribution in [3.05, 3.63) is 34.5 Å². The fourth-order valence-corrected chi connectivity index (χ4v) is 4.54. The van der Waals surface area contributed by atoms with E-state index in [1.54, 1.807) is 11.3 Å². The monoisotopic (exact) mass is 336 g/mol. The zero-order valence-corrected chi connectivity index (χ0v) is 14.5. The van der Waals surface area contributed by atoms with Crippen molar-refractivity contribution in [2.45, 2.75) is 20.3 Å². The molecule has 1 N–H and O–H groups in total. The number of carbonyl (C=O) groups is 2. The van der Waals surface area contributed by atoms with Gasteiger partial charge in [0, 0.05) is 23.4 Å². The first-order valence-corrected chi connectivity index (χ1v) is 8.89. The molecule has 0 fully saturated rings. The lowest BCUT2D eigenvalue weighted by molar-refractivity contribution is -0.132. The van der Waals surface area contributed by atoms with Crippen LogP contribution in [-0.4, -0.2) is 36.3 Å². The van der Waals surface area contributed by atoms with Crippen LogP contribution >= 0.6 is 22.7 Å². The van der Waals surface area contributed by atoms with Crippen LogP contribution in [0.25, 0.3) is 9.40 Å². The van der Waals surface area contributed by atoms with Crippen LogP contribution in [0.2, 0.25) is 0 Å². The highest BCUT2D eigenvalue weighted by Crippen LogP contribution is 2.33. The molecular weight excluding hydrogens is 316 g/mol. The molecule has 0 aromatic carbocycles. The van der Waals surface area contributed by atoms with Crippen LogP contribution in [0.15, 0.2) is 24.1 Å². The molecular formula is C16H20N2O2S2. The largest absolute Gasteiger partial charge is 0.354 e. The molecule has 0 aliphatic rings. The van der Waals surface area contributed by atoms with Gasteiger partial charge in [-0.25, -0.2) is 0 Å². The van der Waals surface area contributed by atoms with Gasteiger partial charge in [0.2, 0.25) is 11.8 Å². The summed E-state index contributed by atoms with van der Waals surface area (Å²) in [6.07, 6.45) is 2.04. The Morgan fingerprint density at radius 2 is 2.23 bits per heavy atom. The smallest absolute Gasteiger partial charge is 0.246 e. The summed E-state index contributed by atoms with van der Waals surface area (Å²) in [5.41, 5.74) is 1.28. The Bertz CT molecular complexity index is 687. The molecule has 0 saturated heterocycles. The number of amides is 2. The van der Waals surface area contributed by atoms with Gasteiger partial charge in [-0.3, -0.25) is 9.59 Å². The highest BCUT2D eigenvalue weighted by atomic mass is 32.2. The molecule has 2 aromatic heterocycles. The van der Waals surface area contributed by atoms with Crippen molar-refractivity contribution in [3.63, 3.8) is 0 Å². The Balaban J connectivity index is 1.84. The molecule has 2 rings (SSSR count). The molecule has 2 heterocycles. The molecule has 0 bridgehead atoms. The lowest BCUT2D eigenvalue weighted by Gasteiger charge is -2.18. The van der Waals surface area contributed by atoms with Gasteiger partial charge in [0.15, 0.2) is 0 Å². The molecule has 0 atom stereocenters. The Hall–Kier alpha value is -1.66. The van der Waals surface area contributed by atoms with Gasteiger partial charge in [-0.15, -0.1) is 22.7 Å². The maximum atomic E-state index is 11.9. The van der Waals surface area contributed by atoms with Crippen molar-refractivity contribution in [3.8, 4) is 0 Å². The van der Waals surface area contributed by atoms with Gasteiger partial charge < -0.3 is 10.2 Å². The summed E-state index contributed by atoms with van der Waals surface area (Å²) in [4.78, 5) is 26.2. The molecule has 0 unspecified atom stereocenters. The van der Waals surface area contributed by atoms with Gasteiger partial charge in [-0.05, 0) is 43.4 Å². The third-order valence-electron chi connectivity index (χ3n) is 3.39. The maximum Gasteiger partial charge on any atom is 0.246 e. The highest BCUT2D eigenvalue weighted by Gasteiger charge is 2.13. The first-order valence-electron chi connectivity index (χ1n) is 7.19. The molecule has 2 aromatic rings. The molecule has 6 heteroatoms. The minimum atomic E-state index is -0.217. The predicted octanol–water partition coefficient (Wildman–Crippen LogP) is 2.96. The molecule has 118 valence electrons. The standard InChI is InChI=1S/C16H20N2O2S2/c1-4-15(20)18(5-2)9-14(19)17-7-6-12-10-21-16-13(12)8-11(3)22-16/h4,8,10H,1,5-7,9H2,2-3H3,(H,17,19). The van der Waals surface area contributed by atoms with Gasteiger partial charge in [0.25, 0.3) is 0 Å². The van der Waals surface area contributed by atoms with Crippen molar-refractivity contribution in [1.82, 2.24) is 10.2 Å². The Labute approximate surface area is 138 Å². The van der Waals surface area contributed by atoms with E-state index in [4.69, 9.17) is 0 Å². The van der Waals surface area contributed by atoms with Crippen LogP contribution < -0.4 is 5.32 Å². The zero-order chi connectivity index (χ0) is 16.1. The number of thiophene rings is 2. The van der Waals surface area contributed by atoms with E-state index in [0.29, 0.717) is 13.1 Å². The minimum absolute atomic E-state index is 0.0813. The summed E-state index contributed by atoms with van der Waals surface area (Å²) < 4.78 is 1.34. The number of rotatable bonds is 7. The average molecular weight is 336 g/mol. The van der Waals surface area contributed by atoms with Crippen molar-refractivity contribution in [1.29, 1.82) is 0 Å². The third-order valence-corrected chi connectivity index (χ3v) is 5.61. The van der Waals surface area contributed by atoms with Gasteiger partial charge in [0.05, 0.1) is 10.6 Å². The highest BCUT2D eigenvalue weighted by molar-refractivity contribution is 7.37. The molecule has 2 amide bonds. The summed E-state index contributed by atoms with van der Waals surface area (Å²) in [6.45, 7) is 8.56. The summed E-state index contributed by atoms with van der Waals surface area (Å²) in [6, 6.07) is 2.20. The number of nitrogens with zero attached hydrogens (tertiary/aromatic N) is 1. The molecule has 0 aliphatic carbocycles. The lowest BCUT2D eigenvalue weighted by atomic mass is 10.2. The minimum Gasteiger partial charge on any atom is -0.354 e. The van der Waals surface area contributed by atoms with Crippen molar-refractivity contribution in [2.24, 2.45) is 0 Å². The molecule has 4 nitrogen and oxygen atoms in total.